The van der Waals surface area contributed by atoms with Gasteiger partial charge >= 0.3 is 5.97 Å². The number of rotatable bonds is 3. The van der Waals surface area contributed by atoms with Crippen LogP contribution in [0.2, 0.25) is 5.02 Å². The third-order valence-corrected chi connectivity index (χ3v) is 4.94. The zero-order chi connectivity index (χ0) is 15.7. The molecule has 5 nitrogen and oxygen atoms in total. The van der Waals surface area contributed by atoms with Gasteiger partial charge in [-0.15, -0.1) is 11.3 Å². The number of thiophene rings is 1. The third kappa shape index (κ3) is 2.95. The second kappa shape index (κ2) is 6.24. The van der Waals surface area contributed by atoms with Crippen LogP contribution in [0.1, 0.15) is 5.56 Å². The highest BCUT2D eigenvalue weighted by atomic mass is 35.5. The average molecular weight is 340 g/mol. The Labute approximate surface area is 136 Å². The van der Waals surface area contributed by atoms with Crippen LogP contribution in [0.5, 0.6) is 0 Å². The number of hydrogen-bond donors (Lipinski definition) is 1. The first-order chi connectivity index (χ1) is 10.6. The highest BCUT2D eigenvalue weighted by molar-refractivity contribution is 7.17. The van der Waals surface area contributed by atoms with Crippen LogP contribution in [-0.2, 0) is 20.7 Å². The summed E-state index contributed by atoms with van der Waals surface area (Å²) in [6.45, 7) is 0.710. The number of amides is 1. The minimum Gasteiger partial charge on any atom is -0.480 e. The Morgan fingerprint density at radius 3 is 3.05 bits per heavy atom. The van der Waals surface area contributed by atoms with E-state index in [-0.39, 0.29) is 18.9 Å². The molecule has 22 heavy (non-hydrogen) atoms. The fourth-order valence-electron chi connectivity index (χ4n) is 2.56. The van der Waals surface area contributed by atoms with Crippen LogP contribution < -0.4 is 0 Å². The van der Waals surface area contributed by atoms with Crippen LogP contribution in [0.25, 0.3) is 10.1 Å². The minimum atomic E-state index is -1.04. The molecule has 2 heterocycles. The Kier molecular flexibility index (Phi) is 4.33. The summed E-state index contributed by atoms with van der Waals surface area (Å²) in [5.74, 6) is -1.23. The molecule has 0 saturated carbocycles. The van der Waals surface area contributed by atoms with Crippen LogP contribution in [0, 0.1) is 0 Å². The first kappa shape index (κ1) is 15.3. The van der Waals surface area contributed by atoms with Gasteiger partial charge in [-0.1, -0.05) is 11.6 Å². The number of ether oxygens (including phenoxy) is 1. The van der Waals surface area contributed by atoms with Crippen molar-refractivity contribution < 1.29 is 19.4 Å². The lowest BCUT2D eigenvalue weighted by Gasteiger charge is -2.32. The standard InChI is InChI=1S/C15H14ClNO4S/c16-10-1-2-13-11(6-10)9(8-22-13)5-14(18)17-3-4-21-7-12(17)15(19)20/h1-2,6,8,12H,3-5,7H2,(H,19,20). The Morgan fingerprint density at radius 2 is 2.27 bits per heavy atom. The van der Waals surface area contributed by atoms with Gasteiger partial charge in [-0.05, 0) is 34.5 Å². The Morgan fingerprint density at radius 1 is 1.45 bits per heavy atom. The molecule has 7 heteroatoms. The molecule has 3 rings (SSSR count). The Bertz CT molecular complexity index is 729. The molecule has 0 spiro atoms. The second-order valence-electron chi connectivity index (χ2n) is 5.09. The molecule has 1 unspecified atom stereocenters. The Hall–Kier alpha value is -1.63. The molecule has 1 fully saturated rings. The molecule has 1 amide bonds. The summed E-state index contributed by atoms with van der Waals surface area (Å²) in [6, 6.07) is 4.67. The monoisotopic (exact) mass is 339 g/mol. The molecule has 1 aliphatic heterocycles. The molecule has 0 bridgehead atoms. The summed E-state index contributed by atoms with van der Waals surface area (Å²) >= 11 is 7.56. The molecule has 0 aliphatic carbocycles. The number of carboxylic acid groups (broad SMARTS) is 1. The van der Waals surface area contributed by atoms with Crippen LogP contribution in [-0.4, -0.2) is 47.7 Å². The van der Waals surface area contributed by atoms with Crippen LogP contribution >= 0.6 is 22.9 Å². The van der Waals surface area contributed by atoms with E-state index in [1.54, 1.807) is 11.3 Å². The van der Waals surface area contributed by atoms with Crippen molar-refractivity contribution in [3.8, 4) is 0 Å². The number of carbonyl (C=O) groups excluding carboxylic acids is 1. The van der Waals surface area contributed by atoms with Gasteiger partial charge in [0.2, 0.25) is 5.91 Å². The normalized spacial score (nSPS) is 18.6. The van der Waals surface area contributed by atoms with E-state index in [1.165, 1.54) is 4.90 Å². The first-order valence-corrected chi connectivity index (χ1v) is 8.07. The highest BCUT2D eigenvalue weighted by Gasteiger charge is 2.32. The van der Waals surface area contributed by atoms with Gasteiger partial charge in [0, 0.05) is 16.3 Å². The first-order valence-electron chi connectivity index (χ1n) is 6.82. The number of aliphatic carboxylic acids is 1. The van der Waals surface area contributed by atoms with E-state index in [0.717, 1.165) is 15.6 Å². The summed E-state index contributed by atoms with van der Waals surface area (Å²) in [6.07, 6.45) is 0.171. The predicted molar refractivity (Wildman–Crippen MR) is 84.5 cm³/mol. The number of morpholine rings is 1. The molecule has 1 aliphatic rings. The summed E-state index contributed by atoms with van der Waals surface area (Å²) in [7, 11) is 0. The van der Waals surface area contributed by atoms with Gasteiger partial charge in [0.05, 0.1) is 19.6 Å². The smallest absolute Gasteiger partial charge is 0.328 e. The molecule has 1 N–H and O–H groups in total. The molecular weight excluding hydrogens is 326 g/mol. The Balaban J connectivity index is 1.83. The summed E-state index contributed by atoms with van der Waals surface area (Å²) in [5, 5.41) is 12.7. The quantitative estimate of drug-likeness (QED) is 0.932. The van der Waals surface area contributed by atoms with Gasteiger partial charge in [-0.25, -0.2) is 4.79 Å². The summed E-state index contributed by atoms with van der Waals surface area (Å²) < 4.78 is 6.21. The van der Waals surface area contributed by atoms with Gasteiger partial charge in [-0.2, -0.15) is 0 Å². The van der Waals surface area contributed by atoms with Gasteiger partial charge in [0.1, 0.15) is 0 Å². The third-order valence-electron chi connectivity index (χ3n) is 3.69. The van der Waals surface area contributed by atoms with E-state index in [9.17, 15) is 14.7 Å². The lowest BCUT2D eigenvalue weighted by atomic mass is 10.1. The van der Waals surface area contributed by atoms with Crippen LogP contribution in [0.3, 0.4) is 0 Å². The largest absolute Gasteiger partial charge is 0.480 e. The van der Waals surface area contributed by atoms with E-state index in [4.69, 9.17) is 16.3 Å². The van der Waals surface area contributed by atoms with Crippen molar-refractivity contribution in [2.45, 2.75) is 12.5 Å². The van der Waals surface area contributed by atoms with Crippen molar-refractivity contribution in [3.63, 3.8) is 0 Å². The van der Waals surface area contributed by atoms with Crippen molar-refractivity contribution in [2.24, 2.45) is 0 Å². The maximum absolute atomic E-state index is 12.5. The molecule has 2 aromatic rings. The number of halogens is 1. The van der Waals surface area contributed by atoms with E-state index in [1.807, 2.05) is 23.6 Å². The van der Waals surface area contributed by atoms with E-state index >= 15 is 0 Å². The average Bonchev–Trinajstić information content (AvgIpc) is 2.89. The topological polar surface area (TPSA) is 66.8 Å². The van der Waals surface area contributed by atoms with Crippen LogP contribution in [0.4, 0.5) is 0 Å². The molecular formula is C15H14ClNO4S. The predicted octanol–water partition coefficient (Wildman–Crippen LogP) is 2.41. The molecule has 116 valence electrons. The van der Waals surface area contributed by atoms with Gasteiger partial charge in [-0.3, -0.25) is 4.79 Å². The molecule has 1 atom stereocenters. The van der Waals surface area contributed by atoms with Gasteiger partial charge in [0.15, 0.2) is 6.04 Å². The minimum absolute atomic E-state index is 0.0390. The van der Waals surface area contributed by atoms with E-state index in [0.29, 0.717) is 18.2 Å². The molecule has 1 saturated heterocycles. The van der Waals surface area contributed by atoms with E-state index < -0.39 is 12.0 Å². The zero-order valence-corrected chi connectivity index (χ0v) is 13.2. The number of carbonyl (C=O) groups is 2. The number of carboxylic acids is 1. The fraction of sp³-hybridized carbons (Fsp3) is 0.333. The maximum atomic E-state index is 12.5. The summed E-state index contributed by atoms with van der Waals surface area (Å²) in [4.78, 5) is 25.1. The van der Waals surface area contributed by atoms with Crippen molar-refractivity contribution in [1.29, 1.82) is 0 Å². The van der Waals surface area contributed by atoms with Gasteiger partial charge in [0.25, 0.3) is 0 Å². The van der Waals surface area contributed by atoms with Crippen LogP contribution in [0.15, 0.2) is 23.6 Å². The van der Waals surface area contributed by atoms with Crippen molar-refractivity contribution in [1.82, 2.24) is 4.90 Å². The number of fused-ring (bicyclic) bond motifs is 1. The number of hydrogen-bond acceptors (Lipinski definition) is 4. The number of benzene rings is 1. The van der Waals surface area contributed by atoms with Crippen molar-refractivity contribution in [3.05, 3.63) is 34.2 Å². The molecule has 1 aromatic carbocycles. The highest BCUT2D eigenvalue weighted by Crippen LogP contribution is 2.29. The fourth-order valence-corrected chi connectivity index (χ4v) is 3.68. The lowest BCUT2D eigenvalue weighted by molar-refractivity contribution is -0.157. The summed E-state index contributed by atoms with van der Waals surface area (Å²) in [5.41, 5.74) is 0.878. The second-order valence-corrected chi connectivity index (χ2v) is 6.44. The molecule has 1 aromatic heterocycles. The van der Waals surface area contributed by atoms with Gasteiger partial charge < -0.3 is 14.7 Å². The SMILES string of the molecule is O=C(O)C1COCCN1C(=O)Cc1csc2ccc(Cl)cc12. The number of nitrogens with zero attached hydrogens (tertiary/aromatic N) is 1. The van der Waals surface area contributed by atoms with E-state index in [2.05, 4.69) is 0 Å². The zero-order valence-electron chi connectivity index (χ0n) is 11.6. The molecule has 0 radical (unpaired) electrons. The van der Waals surface area contributed by atoms with Crippen molar-refractivity contribution in [2.75, 3.05) is 19.8 Å². The van der Waals surface area contributed by atoms with Crippen molar-refractivity contribution >= 4 is 44.9 Å². The maximum Gasteiger partial charge on any atom is 0.328 e. The lowest BCUT2D eigenvalue weighted by Crippen LogP contribution is -2.53.